The fourth-order valence-electron chi connectivity index (χ4n) is 1.24. The number of aromatic nitrogens is 1. The lowest BCUT2D eigenvalue weighted by Crippen LogP contribution is -2.31. The Balaban J connectivity index is 2.74. The van der Waals surface area contributed by atoms with Gasteiger partial charge in [-0.2, -0.15) is 0 Å². The van der Waals surface area contributed by atoms with Crippen LogP contribution in [-0.4, -0.2) is 24.5 Å². The predicted octanol–water partition coefficient (Wildman–Crippen LogP) is -0.307. The second kappa shape index (κ2) is 5.31. The van der Waals surface area contributed by atoms with E-state index in [9.17, 15) is 4.79 Å². The number of hydrogen-bond donors (Lipinski definition) is 2. The van der Waals surface area contributed by atoms with Gasteiger partial charge in [0, 0.05) is 24.7 Å². The van der Waals surface area contributed by atoms with Crippen LogP contribution in [0.1, 0.15) is 5.69 Å². The molecule has 1 aromatic rings. The molecule has 0 fully saturated rings. The lowest BCUT2D eigenvalue weighted by Gasteiger charge is -2.10. The molecule has 1 heterocycles. The number of methoxy groups -OCH3 is 1. The molecule has 82 valence electrons. The van der Waals surface area contributed by atoms with Crippen molar-refractivity contribution in [3.8, 4) is 5.88 Å². The van der Waals surface area contributed by atoms with E-state index in [1.54, 1.807) is 13.2 Å². The summed E-state index contributed by atoms with van der Waals surface area (Å²) in [5.74, 6) is -0.250. The van der Waals surface area contributed by atoms with Crippen molar-refractivity contribution >= 4 is 5.91 Å². The third-order valence-electron chi connectivity index (χ3n) is 2.13. The van der Waals surface area contributed by atoms with E-state index in [4.69, 9.17) is 16.2 Å². The zero-order chi connectivity index (χ0) is 11.3. The van der Waals surface area contributed by atoms with Crippen LogP contribution in [0.15, 0.2) is 18.2 Å². The highest BCUT2D eigenvalue weighted by Crippen LogP contribution is 2.10. The number of pyridine rings is 1. The number of nitrogens with two attached hydrogens (primary N) is 2. The molecule has 0 aromatic carbocycles. The Hall–Kier alpha value is -1.62. The maximum Gasteiger partial charge on any atom is 0.222 e. The molecule has 1 amide bonds. The number of hydrogen-bond acceptors (Lipinski definition) is 4. The zero-order valence-electron chi connectivity index (χ0n) is 8.64. The van der Waals surface area contributed by atoms with Crippen LogP contribution in [0.3, 0.4) is 0 Å². The Morgan fingerprint density at radius 1 is 1.60 bits per heavy atom. The smallest absolute Gasteiger partial charge is 0.222 e. The summed E-state index contributed by atoms with van der Waals surface area (Å²) in [7, 11) is 1.54. The van der Waals surface area contributed by atoms with E-state index < -0.39 is 5.91 Å². The summed E-state index contributed by atoms with van der Waals surface area (Å²) in [5, 5.41) is 0. The van der Waals surface area contributed by atoms with Crippen LogP contribution in [-0.2, 0) is 11.2 Å². The molecule has 1 atom stereocenters. The normalized spacial score (nSPS) is 12.1. The first-order chi connectivity index (χ1) is 7.17. The lowest BCUT2D eigenvalue weighted by atomic mass is 10.0. The van der Waals surface area contributed by atoms with Crippen LogP contribution in [0.4, 0.5) is 0 Å². The van der Waals surface area contributed by atoms with Crippen molar-refractivity contribution in [2.75, 3.05) is 13.7 Å². The predicted molar refractivity (Wildman–Crippen MR) is 56.2 cm³/mol. The number of ether oxygens (including phenoxy) is 1. The highest BCUT2D eigenvalue weighted by molar-refractivity contribution is 5.77. The van der Waals surface area contributed by atoms with Gasteiger partial charge in [-0.25, -0.2) is 4.98 Å². The largest absolute Gasteiger partial charge is 0.481 e. The van der Waals surface area contributed by atoms with Gasteiger partial charge in [-0.15, -0.1) is 0 Å². The van der Waals surface area contributed by atoms with Crippen LogP contribution >= 0.6 is 0 Å². The molecule has 0 aliphatic heterocycles. The molecule has 5 heteroatoms. The minimum absolute atomic E-state index is 0.230. The summed E-state index contributed by atoms with van der Waals surface area (Å²) in [5.41, 5.74) is 11.4. The number of rotatable bonds is 5. The third-order valence-corrected chi connectivity index (χ3v) is 2.13. The van der Waals surface area contributed by atoms with Gasteiger partial charge in [0.2, 0.25) is 11.8 Å². The Morgan fingerprint density at radius 2 is 2.33 bits per heavy atom. The molecule has 0 saturated heterocycles. The van der Waals surface area contributed by atoms with Crippen LogP contribution in [0.25, 0.3) is 0 Å². The lowest BCUT2D eigenvalue weighted by molar-refractivity contribution is -0.121. The van der Waals surface area contributed by atoms with Crippen LogP contribution in [0.5, 0.6) is 5.88 Å². The standard InChI is InChI=1S/C10H15N3O2/c1-15-9-4-2-3-8(13-9)5-7(6-11)10(12)14/h2-4,7H,5-6,11H2,1H3,(H2,12,14). The van der Waals surface area contributed by atoms with Gasteiger partial charge in [-0.05, 0) is 6.07 Å². The summed E-state index contributed by atoms with van der Waals surface area (Å²) in [6.07, 6.45) is 0.447. The summed E-state index contributed by atoms with van der Waals surface area (Å²) in [4.78, 5) is 15.1. The Kier molecular flexibility index (Phi) is 4.05. The molecule has 15 heavy (non-hydrogen) atoms. The van der Waals surface area contributed by atoms with E-state index in [0.29, 0.717) is 12.3 Å². The maximum absolute atomic E-state index is 11.0. The van der Waals surface area contributed by atoms with Crippen LogP contribution in [0.2, 0.25) is 0 Å². The summed E-state index contributed by atoms with van der Waals surface area (Å²) in [6, 6.07) is 5.37. The molecule has 0 saturated carbocycles. The minimum Gasteiger partial charge on any atom is -0.481 e. The maximum atomic E-state index is 11.0. The fraction of sp³-hybridized carbons (Fsp3) is 0.400. The monoisotopic (exact) mass is 209 g/mol. The van der Waals surface area contributed by atoms with Gasteiger partial charge >= 0.3 is 0 Å². The van der Waals surface area contributed by atoms with Gasteiger partial charge in [0.25, 0.3) is 0 Å². The molecule has 1 rings (SSSR count). The number of amides is 1. The van der Waals surface area contributed by atoms with E-state index in [1.807, 2.05) is 12.1 Å². The van der Waals surface area contributed by atoms with Crippen molar-refractivity contribution in [2.24, 2.45) is 17.4 Å². The van der Waals surface area contributed by atoms with E-state index in [2.05, 4.69) is 4.98 Å². The average molecular weight is 209 g/mol. The zero-order valence-corrected chi connectivity index (χ0v) is 8.64. The summed E-state index contributed by atoms with van der Waals surface area (Å²) in [6.45, 7) is 0.230. The first kappa shape index (κ1) is 11.5. The van der Waals surface area contributed by atoms with Crippen molar-refractivity contribution in [3.05, 3.63) is 23.9 Å². The SMILES string of the molecule is COc1cccc(CC(CN)C(N)=O)n1. The molecule has 4 N–H and O–H groups in total. The van der Waals surface area contributed by atoms with Crippen molar-refractivity contribution in [2.45, 2.75) is 6.42 Å². The Bertz CT molecular complexity index is 341. The van der Waals surface area contributed by atoms with Gasteiger partial charge in [0.1, 0.15) is 0 Å². The van der Waals surface area contributed by atoms with Gasteiger partial charge in [0.05, 0.1) is 13.0 Å². The quantitative estimate of drug-likeness (QED) is 0.696. The highest BCUT2D eigenvalue weighted by Gasteiger charge is 2.14. The summed E-state index contributed by atoms with van der Waals surface area (Å²) < 4.78 is 4.97. The first-order valence-electron chi connectivity index (χ1n) is 4.66. The molecular weight excluding hydrogens is 194 g/mol. The van der Waals surface area contributed by atoms with Crippen molar-refractivity contribution in [1.29, 1.82) is 0 Å². The molecule has 0 bridgehead atoms. The van der Waals surface area contributed by atoms with Crippen LogP contribution < -0.4 is 16.2 Å². The van der Waals surface area contributed by atoms with E-state index in [1.165, 1.54) is 0 Å². The van der Waals surface area contributed by atoms with Crippen molar-refractivity contribution in [1.82, 2.24) is 4.98 Å². The Labute approximate surface area is 88.4 Å². The third kappa shape index (κ3) is 3.21. The Morgan fingerprint density at radius 3 is 2.87 bits per heavy atom. The van der Waals surface area contributed by atoms with Crippen LogP contribution in [0, 0.1) is 5.92 Å². The van der Waals surface area contributed by atoms with E-state index in [0.717, 1.165) is 5.69 Å². The second-order valence-electron chi connectivity index (χ2n) is 3.21. The molecule has 0 spiro atoms. The van der Waals surface area contributed by atoms with Crippen molar-refractivity contribution in [3.63, 3.8) is 0 Å². The molecule has 1 aromatic heterocycles. The fourth-order valence-corrected chi connectivity index (χ4v) is 1.24. The molecule has 0 radical (unpaired) electrons. The topological polar surface area (TPSA) is 91.2 Å². The van der Waals surface area contributed by atoms with E-state index in [-0.39, 0.29) is 12.5 Å². The molecule has 0 aliphatic rings. The van der Waals surface area contributed by atoms with Crippen molar-refractivity contribution < 1.29 is 9.53 Å². The number of primary amides is 1. The average Bonchev–Trinajstić information content (AvgIpc) is 2.25. The van der Waals surface area contributed by atoms with Gasteiger partial charge in [-0.1, -0.05) is 6.07 Å². The molecule has 5 nitrogen and oxygen atoms in total. The molecular formula is C10H15N3O2. The highest BCUT2D eigenvalue weighted by atomic mass is 16.5. The number of carbonyl (C=O) groups excluding carboxylic acids is 1. The van der Waals surface area contributed by atoms with Gasteiger partial charge in [0.15, 0.2) is 0 Å². The minimum atomic E-state index is -0.401. The number of nitrogens with zero attached hydrogens (tertiary/aromatic N) is 1. The van der Waals surface area contributed by atoms with E-state index >= 15 is 0 Å². The van der Waals surface area contributed by atoms with Gasteiger partial charge < -0.3 is 16.2 Å². The molecule has 0 aliphatic carbocycles. The first-order valence-corrected chi connectivity index (χ1v) is 4.66. The van der Waals surface area contributed by atoms with Gasteiger partial charge in [-0.3, -0.25) is 4.79 Å². The number of carbonyl (C=O) groups is 1. The summed E-state index contributed by atoms with van der Waals surface area (Å²) >= 11 is 0. The molecule has 1 unspecified atom stereocenters. The second-order valence-corrected chi connectivity index (χ2v) is 3.21.